The van der Waals surface area contributed by atoms with Crippen LogP contribution in [0, 0.1) is 0 Å². The summed E-state index contributed by atoms with van der Waals surface area (Å²) >= 11 is 0. The molecule has 0 aliphatic rings. The van der Waals surface area contributed by atoms with Crippen LogP contribution in [-0.2, 0) is 0 Å². The first kappa shape index (κ1) is 24.1. The van der Waals surface area contributed by atoms with Crippen molar-refractivity contribution < 1.29 is 0 Å². The third-order valence-electron chi connectivity index (χ3n) is 9.83. The molecule has 0 saturated carbocycles. The van der Waals surface area contributed by atoms with Gasteiger partial charge in [0, 0.05) is 0 Å². The topological polar surface area (TPSA) is 51.6 Å². The summed E-state index contributed by atoms with van der Waals surface area (Å²) in [6.45, 7) is 0. The number of fused-ring (bicyclic) bond motifs is 10. The SMILES string of the molecule is c1ccc2cc3cc4cc5cc6cc7cc8cc9cc%10cc%11nnnnc%11cc%10cc9cc8cc7cc6cc5cc4cc3cc2c1. The Bertz CT molecular complexity index is 2730. The second kappa shape index (κ2) is 8.68. The molecule has 0 bridgehead atoms. The minimum atomic E-state index is 0.753. The Labute approximate surface area is 261 Å². The van der Waals surface area contributed by atoms with Crippen LogP contribution < -0.4 is 0 Å². The summed E-state index contributed by atoms with van der Waals surface area (Å²) in [5.41, 5.74) is 1.51. The fraction of sp³-hybridized carbons (Fsp3) is 0. The molecule has 1 heterocycles. The van der Waals surface area contributed by atoms with Crippen molar-refractivity contribution in [3.63, 3.8) is 0 Å². The quantitative estimate of drug-likeness (QED) is 0.167. The Morgan fingerprint density at radius 1 is 0.217 bits per heavy atom. The largest absolute Gasteiger partial charge is 0.127 e. The average molecular weight is 583 g/mol. The van der Waals surface area contributed by atoms with Gasteiger partial charge in [0.2, 0.25) is 0 Å². The first-order chi connectivity index (χ1) is 22.7. The Morgan fingerprint density at radius 2 is 0.413 bits per heavy atom. The zero-order chi connectivity index (χ0) is 29.9. The van der Waals surface area contributed by atoms with E-state index < -0.39 is 0 Å². The standard InChI is InChI=1S/C42H22N4/c1-2-4-24-6-26-8-28-10-30-12-32-14-34-16-36-18-38-20-40-22-42-41(43-45-46-44-42)21-39(40)19-37(38)17-35(36)15-33(34)13-31(32)11-29(30)9-27(28)7-25(26)5-23(24)3-1/h1-22H. The van der Waals surface area contributed by atoms with E-state index in [1.165, 1.54) is 86.2 Å². The zero-order valence-corrected chi connectivity index (χ0v) is 24.5. The van der Waals surface area contributed by atoms with Crippen LogP contribution in [0.2, 0.25) is 0 Å². The lowest BCUT2D eigenvalue weighted by atomic mass is 9.94. The van der Waals surface area contributed by atoms with Crippen LogP contribution in [0.15, 0.2) is 133 Å². The van der Waals surface area contributed by atoms with Crippen molar-refractivity contribution in [2.24, 2.45) is 0 Å². The van der Waals surface area contributed by atoms with E-state index in [2.05, 4.69) is 142 Å². The first-order valence-corrected chi connectivity index (χ1v) is 15.5. The van der Waals surface area contributed by atoms with Crippen LogP contribution in [0.25, 0.3) is 108 Å². The van der Waals surface area contributed by atoms with E-state index in [0.717, 1.165) is 21.8 Å². The van der Waals surface area contributed by atoms with Gasteiger partial charge in [-0.15, -0.1) is 10.2 Å². The van der Waals surface area contributed by atoms with Gasteiger partial charge in [0.15, 0.2) is 0 Å². The highest BCUT2D eigenvalue weighted by molar-refractivity contribution is 6.14. The highest BCUT2D eigenvalue weighted by Crippen LogP contribution is 2.36. The van der Waals surface area contributed by atoms with Gasteiger partial charge in [0.05, 0.1) is 0 Å². The highest BCUT2D eigenvalue weighted by Gasteiger charge is 2.09. The number of aromatic nitrogens is 4. The van der Waals surface area contributed by atoms with Crippen LogP contribution in [0.5, 0.6) is 0 Å². The van der Waals surface area contributed by atoms with Crippen LogP contribution in [-0.4, -0.2) is 20.6 Å². The van der Waals surface area contributed by atoms with Gasteiger partial charge >= 0.3 is 0 Å². The Hall–Kier alpha value is -6.26. The van der Waals surface area contributed by atoms with Gasteiger partial charge in [0.25, 0.3) is 0 Å². The van der Waals surface area contributed by atoms with E-state index in [9.17, 15) is 0 Å². The molecule has 0 fully saturated rings. The van der Waals surface area contributed by atoms with Gasteiger partial charge in [-0.25, -0.2) is 0 Å². The second-order valence-electron chi connectivity index (χ2n) is 12.7. The molecule has 4 heteroatoms. The summed E-state index contributed by atoms with van der Waals surface area (Å²) in [4.78, 5) is 0. The Morgan fingerprint density at radius 3 is 0.652 bits per heavy atom. The Kier molecular flexibility index (Phi) is 4.55. The molecule has 210 valence electrons. The summed E-state index contributed by atoms with van der Waals surface area (Å²) < 4.78 is 0. The molecule has 46 heavy (non-hydrogen) atoms. The number of benzene rings is 10. The van der Waals surface area contributed by atoms with Crippen molar-refractivity contribution in [2.75, 3.05) is 0 Å². The number of hydrogen-bond donors (Lipinski definition) is 0. The fourth-order valence-corrected chi connectivity index (χ4v) is 7.53. The molecule has 0 spiro atoms. The minimum Gasteiger partial charge on any atom is -0.127 e. The van der Waals surface area contributed by atoms with Crippen molar-refractivity contribution in [2.45, 2.75) is 0 Å². The number of hydrogen-bond acceptors (Lipinski definition) is 4. The van der Waals surface area contributed by atoms with Crippen LogP contribution in [0.4, 0.5) is 0 Å². The van der Waals surface area contributed by atoms with E-state index in [0.29, 0.717) is 0 Å². The lowest BCUT2D eigenvalue weighted by molar-refractivity contribution is 0.797. The van der Waals surface area contributed by atoms with E-state index >= 15 is 0 Å². The monoisotopic (exact) mass is 582 g/mol. The normalized spacial score (nSPS) is 12.3. The molecule has 11 aromatic rings. The van der Waals surface area contributed by atoms with Crippen molar-refractivity contribution in [3.05, 3.63) is 133 Å². The zero-order valence-electron chi connectivity index (χ0n) is 24.5. The molecule has 11 rings (SSSR count). The molecule has 0 atom stereocenters. The summed E-state index contributed by atoms with van der Waals surface area (Å²) in [7, 11) is 0. The third-order valence-corrected chi connectivity index (χ3v) is 9.83. The summed E-state index contributed by atoms with van der Waals surface area (Å²) in [5, 5.41) is 38.0. The third kappa shape index (κ3) is 3.55. The minimum absolute atomic E-state index is 0.753. The molecule has 1 aromatic heterocycles. The second-order valence-corrected chi connectivity index (χ2v) is 12.7. The summed E-state index contributed by atoms with van der Waals surface area (Å²) in [6.07, 6.45) is 0. The van der Waals surface area contributed by atoms with Gasteiger partial charge in [0.1, 0.15) is 11.0 Å². The lowest BCUT2D eigenvalue weighted by Gasteiger charge is -2.10. The molecule has 0 unspecified atom stereocenters. The predicted molar refractivity (Wildman–Crippen MR) is 193 cm³/mol. The van der Waals surface area contributed by atoms with Gasteiger partial charge in [-0.05, 0) is 217 Å². The van der Waals surface area contributed by atoms with Crippen LogP contribution >= 0.6 is 0 Å². The van der Waals surface area contributed by atoms with E-state index in [-0.39, 0.29) is 0 Å². The van der Waals surface area contributed by atoms with Crippen molar-refractivity contribution in [3.8, 4) is 0 Å². The van der Waals surface area contributed by atoms with E-state index in [4.69, 9.17) is 0 Å². The summed E-state index contributed by atoms with van der Waals surface area (Å²) in [6, 6.07) is 49.8. The molecule has 0 N–H and O–H groups in total. The molecular weight excluding hydrogens is 560 g/mol. The number of rotatable bonds is 0. The highest BCUT2D eigenvalue weighted by atomic mass is 15.4. The molecule has 4 nitrogen and oxygen atoms in total. The smallest absolute Gasteiger partial charge is 0.116 e. The predicted octanol–water partition coefficient (Wildman–Crippen LogP) is 10.8. The molecule has 0 aliphatic carbocycles. The van der Waals surface area contributed by atoms with Crippen molar-refractivity contribution in [1.29, 1.82) is 0 Å². The van der Waals surface area contributed by atoms with Gasteiger partial charge < -0.3 is 0 Å². The molecule has 0 aliphatic heterocycles. The molecular formula is C42H22N4. The molecule has 0 saturated heterocycles. The molecule has 10 aromatic carbocycles. The fourth-order valence-electron chi connectivity index (χ4n) is 7.53. The van der Waals surface area contributed by atoms with Gasteiger partial charge in [-0.1, -0.05) is 24.3 Å². The lowest BCUT2D eigenvalue weighted by Crippen LogP contribution is -1.92. The van der Waals surface area contributed by atoms with Crippen LogP contribution in [0.3, 0.4) is 0 Å². The van der Waals surface area contributed by atoms with Crippen LogP contribution in [0.1, 0.15) is 0 Å². The summed E-state index contributed by atoms with van der Waals surface area (Å²) in [5.74, 6) is 0. The van der Waals surface area contributed by atoms with Crippen molar-refractivity contribution in [1.82, 2.24) is 20.6 Å². The number of nitrogens with zero attached hydrogens (tertiary/aromatic N) is 4. The van der Waals surface area contributed by atoms with Gasteiger partial charge in [-0.2, -0.15) is 0 Å². The maximum atomic E-state index is 4.15. The molecule has 0 radical (unpaired) electrons. The maximum absolute atomic E-state index is 4.15. The van der Waals surface area contributed by atoms with Crippen molar-refractivity contribution >= 4 is 108 Å². The molecule has 0 amide bonds. The van der Waals surface area contributed by atoms with E-state index in [1.807, 2.05) is 12.1 Å². The first-order valence-electron chi connectivity index (χ1n) is 15.5. The van der Waals surface area contributed by atoms with Gasteiger partial charge in [-0.3, -0.25) is 0 Å². The maximum Gasteiger partial charge on any atom is 0.116 e. The Balaban J connectivity index is 1.09. The van der Waals surface area contributed by atoms with E-state index in [1.54, 1.807) is 0 Å². The average Bonchev–Trinajstić information content (AvgIpc) is 3.07.